The third kappa shape index (κ3) is 3.38. The molecule has 0 atom stereocenters. The number of benzene rings is 2. The van der Waals surface area contributed by atoms with Crippen LogP contribution >= 0.6 is 15.9 Å². The molecule has 0 heterocycles. The van der Waals surface area contributed by atoms with Crippen LogP contribution in [0.5, 0.6) is 11.5 Å². The number of aromatic hydroxyl groups is 1. The van der Waals surface area contributed by atoms with E-state index in [2.05, 4.69) is 21.2 Å². The molecule has 0 aliphatic rings. The highest BCUT2D eigenvalue weighted by atomic mass is 79.9. The second-order valence-corrected chi connectivity index (χ2v) is 4.90. The van der Waals surface area contributed by atoms with E-state index in [0.29, 0.717) is 18.0 Å². The van der Waals surface area contributed by atoms with Crippen LogP contribution in [0.3, 0.4) is 0 Å². The van der Waals surface area contributed by atoms with E-state index in [9.17, 15) is 9.50 Å². The van der Waals surface area contributed by atoms with E-state index >= 15 is 0 Å². The fourth-order valence-corrected chi connectivity index (χ4v) is 2.04. The highest BCUT2D eigenvalue weighted by Gasteiger charge is 2.05. The van der Waals surface area contributed by atoms with E-state index < -0.39 is 0 Å². The first kappa shape index (κ1) is 13.7. The van der Waals surface area contributed by atoms with Crippen molar-refractivity contribution in [1.82, 2.24) is 0 Å². The zero-order valence-electron chi connectivity index (χ0n) is 10.3. The van der Waals surface area contributed by atoms with Crippen molar-refractivity contribution in [3.8, 4) is 11.5 Å². The first-order valence-corrected chi connectivity index (χ1v) is 6.44. The maximum atomic E-state index is 13.5. The van der Waals surface area contributed by atoms with Crippen molar-refractivity contribution in [2.75, 3.05) is 12.4 Å². The summed E-state index contributed by atoms with van der Waals surface area (Å²) in [6, 6.07) is 9.75. The molecule has 2 N–H and O–H groups in total. The largest absolute Gasteiger partial charge is 0.504 e. The van der Waals surface area contributed by atoms with Gasteiger partial charge in [-0.25, -0.2) is 4.39 Å². The number of halogens is 2. The Bertz CT molecular complexity index is 590. The number of methoxy groups -OCH3 is 1. The predicted octanol–water partition coefficient (Wildman–Crippen LogP) is 3.91. The van der Waals surface area contributed by atoms with Gasteiger partial charge in [0, 0.05) is 11.0 Å². The molecule has 0 aromatic heterocycles. The first-order valence-electron chi connectivity index (χ1n) is 5.65. The van der Waals surface area contributed by atoms with Crippen LogP contribution in [0.1, 0.15) is 5.56 Å². The molecule has 3 nitrogen and oxygen atoms in total. The van der Waals surface area contributed by atoms with Crippen LogP contribution in [0.15, 0.2) is 40.9 Å². The molecule has 0 radical (unpaired) electrons. The summed E-state index contributed by atoms with van der Waals surface area (Å²) in [5.74, 6) is 0.162. The van der Waals surface area contributed by atoms with E-state index in [1.54, 1.807) is 30.3 Å². The fraction of sp³-hybridized carbons (Fsp3) is 0.143. The lowest BCUT2D eigenvalue weighted by atomic mass is 10.2. The first-order chi connectivity index (χ1) is 9.10. The fourth-order valence-electron chi connectivity index (χ4n) is 1.68. The summed E-state index contributed by atoms with van der Waals surface area (Å²) < 4.78 is 19.3. The molecule has 5 heteroatoms. The highest BCUT2D eigenvalue weighted by molar-refractivity contribution is 9.10. The SMILES string of the molecule is COc1ccc(CNc2cc(Br)ccc2F)cc1O. The Balaban J connectivity index is 2.10. The predicted molar refractivity (Wildman–Crippen MR) is 76.1 cm³/mol. The van der Waals surface area contributed by atoms with Gasteiger partial charge in [-0.15, -0.1) is 0 Å². The molecule has 0 spiro atoms. The van der Waals surface area contributed by atoms with E-state index in [4.69, 9.17) is 4.74 Å². The van der Waals surface area contributed by atoms with E-state index in [-0.39, 0.29) is 11.6 Å². The van der Waals surface area contributed by atoms with Crippen molar-refractivity contribution in [1.29, 1.82) is 0 Å². The molecule has 0 bridgehead atoms. The molecule has 0 unspecified atom stereocenters. The molecule has 2 rings (SSSR count). The van der Waals surface area contributed by atoms with Gasteiger partial charge in [0.1, 0.15) is 5.82 Å². The maximum Gasteiger partial charge on any atom is 0.160 e. The Morgan fingerprint density at radius 2 is 2.05 bits per heavy atom. The number of rotatable bonds is 4. The van der Waals surface area contributed by atoms with Crippen LogP contribution in [-0.2, 0) is 6.54 Å². The second kappa shape index (κ2) is 5.93. The van der Waals surface area contributed by atoms with Gasteiger partial charge < -0.3 is 15.2 Å². The number of hydrogen-bond donors (Lipinski definition) is 2. The smallest absolute Gasteiger partial charge is 0.160 e. The minimum absolute atomic E-state index is 0.0662. The van der Waals surface area contributed by atoms with Gasteiger partial charge in [-0.1, -0.05) is 22.0 Å². The summed E-state index contributed by atoms with van der Waals surface area (Å²) in [4.78, 5) is 0. The van der Waals surface area contributed by atoms with Crippen LogP contribution in [0.2, 0.25) is 0 Å². The molecule has 0 amide bonds. The Kier molecular flexibility index (Phi) is 4.27. The Morgan fingerprint density at radius 1 is 1.26 bits per heavy atom. The number of ether oxygens (including phenoxy) is 1. The lowest BCUT2D eigenvalue weighted by Gasteiger charge is -2.10. The average molecular weight is 326 g/mol. The molecule has 0 aliphatic heterocycles. The third-order valence-corrected chi connectivity index (χ3v) is 3.15. The molecule has 2 aromatic carbocycles. The standard InChI is InChI=1S/C14H13BrFNO2/c1-19-14-5-2-9(6-13(14)18)8-17-12-7-10(15)3-4-11(12)16/h2-7,17-18H,8H2,1H3. The zero-order chi connectivity index (χ0) is 13.8. The average Bonchev–Trinajstić information content (AvgIpc) is 2.40. The lowest BCUT2D eigenvalue weighted by Crippen LogP contribution is -2.01. The van der Waals surface area contributed by atoms with Crippen LogP contribution < -0.4 is 10.1 Å². The van der Waals surface area contributed by atoms with E-state index in [1.807, 2.05) is 0 Å². The van der Waals surface area contributed by atoms with Gasteiger partial charge in [0.25, 0.3) is 0 Å². The summed E-state index contributed by atoms with van der Waals surface area (Å²) in [5.41, 5.74) is 1.24. The van der Waals surface area contributed by atoms with Crippen molar-refractivity contribution >= 4 is 21.6 Å². The number of hydrogen-bond acceptors (Lipinski definition) is 3. The van der Waals surface area contributed by atoms with Gasteiger partial charge in [0.05, 0.1) is 12.8 Å². The number of phenols is 1. The van der Waals surface area contributed by atoms with Crippen LogP contribution in [-0.4, -0.2) is 12.2 Å². The van der Waals surface area contributed by atoms with Gasteiger partial charge in [0.2, 0.25) is 0 Å². The number of phenolic OH excluding ortho intramolecular Hbond substituents is 1. The Morgan fingerprint density at radius 3 is 2.74 bits per heavy atom. The van der Waals surface area contributed by atoms with E-state index in [1.165, 1.54) is 13.2 Å². The van der Waals surface area contributed by atoms with Crippen molar-refractivity contribution in [2.24, 2.45) is 0 Å². The van der Waals surface area contributed by atoms with Gasteiger partial charge >= 0.3 is 0 Å². The zero-order valence-corrected chi connectivity index (χ0v) is 11.9. The molecule has 100 valence electrons. The summed E-state index contributed by atoms with van der Waals surface area (Å²) in [6.45, 7) is 0.408. The van der Waals surface area contributed by atoms with Crippen molar-refractivity contribution in [3.05, 3.63) is 52.3 Å². The maximum absolute atomic E-state index is 13.5. The van der Waals surface area contributed by atoms with Crippen LogP contribution in [0, 0.1) is 5.82 Å². The van der Waals surface area contributed by atoms with Crippen molar-refractivity contribution in [2.45, 2.75) is 6.54 Å². The minimum Gasteiger partial charge on any atom is -0.504 e. The molecular weight excluding hydrogens is 313 g/mol. The van der Waals surface area contributed by atoms with Crippen LogP contribution in [0.4, 0.5) is 10.1 Å². The summed E-state index contributed by atoms with van der Waals surface area (Å²) in [5, 5.41) is 12.6. The Labute approximate surface area is 119 Å². The minimum atomic E-state index is -0.319. The highest BCUT2D eigenvalue weighted by Crippen LogP contribution is 2.27. The molecule has 0 fully saturated rings. The summed E-state index contributed by atoms with van der Waals surface area (Å²) in [6.07, 6.45) is 0. The molecular formula is C14H13BrFNO2. The number of nitrogens with one attached hydrogen (secondary N) is 1. The molecule has 0 saturated carbocycles. The number of anilines is 1. The van der Waals surface area contributed by atoms with Gasteiger partial charge in [-0.2, -0.15) is 0 Å². The third-order valence-electron chi connectivity index (χ3n) is 2.65. The van der Waals surface area contributed by atoms with Crippen LogP contribution in [0.25, 0.3) is 0 Å². The van der Waals surface area contributed by atoms with Crippen molar-refractivity contribution in [3.63, 3.8) is 0 Å². The van der Waals surface area contributed by atoms with E-state index in [0.717, 1.165) is 10.0 Å². The van der Waals surface area contributed by atoms with Crippen molar-refractivity contribution < 1.29 is 14.2 Å². The molecule has 0 aliphatic carbocycles. The molecule has 0 saturated heterocycles. The topological polar surface area (TPSA) is 41.5 Å². The summed E-state index contributed by atoms with van der Waals surface area (Å²) >= 11 is 3.29. The van der Waals surface area contributed by atoms with Gasteiger partial charge in [-0.05, 0) is 35.9 Å². The molecule has 2 aromatic rings. The second-order valence-electron chi connectivity index (χ2n) is 3.98. The quantitative estimate of drug-likeness (QED) is 0.895. The normalized spacial score (nSPS) is 10.3. The lowest BCUT2D eigenvalue weighted by molar-refractivity contribution is 0.373. The molecule has 19 heavy (non-hydrogen) atoms. The Hall–Kier alpha value is -1.75. The van der Waals surface area contributed by atoms with Gasteiger partial charge in [-0.3, -0.25) is 0 Å². The monoisotopic (exact) mass is 325 g/mol. The van der Waals surface area contributed by atoms with Gasteiger partial charge in [0.15, 0.2) is 11.5 Å². The summed E-state index contributed by atoms with van der Waals surface area (Å²) in [7, 11) is 1.49.